The van der Waals surface area contributed by atoms with Gasteiger partial charge in [0.2, 0.25) is 0 Å². The second-order valence-corrected chi connectivity index (χ2v) is 6.64. The summed E-state index contributed by atoms with van der Waals surface area (Å²) in [6.07, 6.45) is 5.81. The van der Waals surface area contributed by atoms with Crippen molar-refractivity contribution < 1.29 is 23.5 Å². The zero-order valence-corrected chi connectivity index (χ0v) is 14.1. The van der Waals surface area contributed by atoms with Crippen molar-refractivity contribution in [3.8, 4) is 0 Å². The number of hydrogen-bond donors (Lipinski definition) is 3. The first-order chi connectivity index (χ1) is 12.5. The van der Waals surface area contributed by atoms with E-state index in [1.807, 2.05) is 0 Å². The Hall–Kier alpha value is -2.54. The number of ketones is 1. The van der Waals surface area contributed by atoms with E-state index in [9.17, 15) is 23.5 Å². The monoisotopic (exact) mass is 362 g/mol. The number of halogens is 2. The normalized spacial score (nSPS) is 20.0. The lowest BCUT2D eigenvalue weighted by Crippen LogP contribution is -2.21. The number of carbonyl (C=O) groups is 2. The van der Waals surface area contributed by atoms with E-state index in [0.29, 0.717) is 19.3 Å². The van der Waals surface area contributed by atoms with Gasteiger partial charge in [-0.1, -0.05) is 6.07 Å². The molecule has 1 amide bonds. The molecule has 0 atom stereocenters. The maximum absolute atomic E-state index is 13.7. The third kappa shape index (κ3) is 3.99. The zero-order valence-electron chi connectivity index (χ0n) is 14.1. The molecule has 7 heteroatoms. The summed E-state index contributed by atoms with van der Waals surface area (Å²) in [4.78, 5) is 27.5. The molecule has 1 aromatic carbocycles. The molecule has 1 heterocycles. The molecule has 0 unspecified atom stereocenters. The van der Waals surface area contributed by atoms with Crippen molar-refractivity contribution in [1.29, 1.82) is 0 Å². The Morgan fingerprint density at radius 3 is 2.42 bits per heavy atom. The van der Waals surface area contributed by atoms with Gasteiger partial charge in [0.05, 0.1) is 17.4 Å². The molecule has 138 valence electrons. The van der Waals surface area contributed by atoms with Gasteiger partial charge in [-0.2, -0.15) is 0 Å². The summed E-state index contributed by atoms with van der Waals surface area (Å²) < 4.78 is 27.5. The van der Waals surface area contributed by atoms with Crippen molar-refractivity contribution in [3.63, 3.8) is 0 Å². The molecule has 3 N–H and O–H groups in total. The molecule has 0 saturated heterocycles. The lowest BCUT2D eigenvalue weighted by Gasteiger charge is -2.24. The predicted octanol–water partition coefficient (Wildman–Crippen LogP) is 3.67. The molecule has 1 saturated carbocycles. The SMILES string of the molecule is O=C(CC1CCC(O)CC1)c1c[nH]cc1NC(=O)c1c(F)cccc1F. The van der Waals surface area contributed by atoms with E-state index in [4.69, 9.17) is 0 Å². The van der Waals surface area contributed by atoms with E-state index in [2.05, 4.69) is 10.3 Å². The van der Waals surface area contributed by atoms with E-state index in [1.165, 1.54) is 18.5 Å². The number of aliphatic hydroxyl groups is 1. The summed E-state index contributed by atoms with van der Waals surface area (Å²) >= 11 is 0. The number of nitrogens with one attached hydrogen (secondary N) is 2. The molecule has 0 spiro atoms. The molecule has 0 radical (unpaired) electrons. The van der Waals surface area contributed by atoms with Gasteiger partial charge in [-0.05, 0) is 43.7 Å². The van der Waals surface area contributed by atoms with E-state index in [1.54, 1.807) is 0 Å². The highest BCUT2D eigenvalue weighted by Gasteiger charge is 2.25. The molecule has 1 aromatic heterocycles. The van der Waals surface area contributed by atoms with Crippen LogP contribution in [-0.2, 0) is 0 Å². The van der Waals surface area contributed by atoms with Crippen LogP contribution >= 0.6 is 0 Å². The average molecular weight is 362 g/mol. The highest BCUT2D eigenvalue weighted by atomic mass is 19.1. The summed E-state index contributed by atoms with van der Waals surface area (Å²) in [6.45, 7) is 0. The van der Waals surface area contributed by atoms with Crippen LogP contribution in [0.1, 0.15) is 52.8 Å². The minimum atomic E-state index is -0.966. The van der Waals surface area contributed by atoms with E-state index < -0.39 is 23.1 Å². The largest absolute Gasteiger partial charge is 0.393 e. The fourth-order valence-corrected chi connectivity index (χ4v) is 3.32. The highest BCUT2D eigenvalue weighted by molar-refractivity contribution is 6.09. The number of anilines is 1. The maximum Gasteiger partial charge on any atom is 0.261 e. The van der Waals surface area contributed by atoms with Crippen LogP contribution in [0.5, 0.6) is 0 Å². The molecule has 2 aromatic rings. The van der Waals surface area contributed by atoms with Crippen molar-refractivity contribution in [1.82, 2.24) is 4.98 Å². The van der Waals surface area contributed by atoms with Gasteiger partial charge in [0.15, 0.2) is 5.78 Å². The number of Topliss-reactive ketones (excluding diaryl/α,β-unsaturated/α-hetero) is 1. The Morgan fingerprint density at radius 1 is 1.12 bits per heavy atom. The molecule has 1 aliphatic rings. The first-order valence-electron chi connectivity index (χ1n) is 8.59. The van der Waals surface area contributed by atoms with Gasteiger partial charge in [0, 0.05) is 18.8 Å². The van der Waals surface area contributed by atoms with Gasteiger partial charge in [0.1, 0.15) is 17.2 Å². The van der Waals surface area contributed by atoms with Gasteiger partial charge < -0.3 is 15.4 Å². The van der Waals surface area contributed by atoms with E-state index in [-0.39, 0.29) is 29.1 Å². The Bertz CT molecular complexity index is 791. The maximum atomic E-state index is 13.7. The van der Waals surface area contributed by atoms with Crippen molar-refractivity contribution >= 4 is 17.4 Å². The Labute approximate surface area is 149 Å². The Kier molecular flexibility index (Phi) is 5.46. The van der Waals surface area contributed by atoms with Crippen LogP contribution in [-0.4, -0.2) is 27.9 Å². The number of carbonyl (C=O) groups excluding carboxylic acids is 2. The molecular formula is C19H20F2N2O3. The Morgan fingerprint density at radius 2 is 1.77 bits per heavy atom. The van der Waals surface area contributed by atoms with E-state index >= 15 is 0 Å². The molecule has 3 rings (SSSR count). The summed E-state index contributed by atoms with van der Waals surface area (Å²) in [7, 11) is 0. The molecule has 26 heavy (non-hydrogen) atoms. The van der Waals surface area contributed by atoms with Crippen LogP contribution in [0.3, 0.4) is 0 Å². The van der Waals surface area contributed by atoms with Gasteiger partial charge in [0.25, 0.3) is 5.91 Å². The smallest absolute Gasteiger partial charge is 0.261 e. The van der Waals surface area contributed by atoms with Crippen molar-refractivity contribution in [2.45, 2.75) is 38.2 Å². The first-order valence-corrected chi connectivity index (χ1v) is 8.59. The van der Waals surface area contributed by atoms with Gasteiger partial charge in [-0.3, -0.25) is 9.59 Å². The second-order valence-electron chi connectivity index (χ2n) is 6.64. The number of H-pyrrole nitrogens is 1. The molecule has 1 fully saturated rings. The quantitative estimate of drug-likeness (QED) is 0.710. The second kappa shape index (κ2) is 7.78. The number of amides is 1. The van der Waals surface area contributed by atoms with Gasteiger partial charge in [-0.15, -0.1) is 0 Å². The number of hydrogen-bond acceptors (Lipinski definition) is 3. The van der Waals surface area contributed by atoms with Crippen molar-refractivity contribution in [3.05, 3.63) is 53.4 Å². The fourth-order valence-electron chi connectivity index (χ4n) is 3.32. The lowest BCUT2D eigenvalue weighted by atomic mass is 9.83. The molecule has 0 aliphatic heterocycles. The molecule has 0 bridgehead atoms. The standard InChI is InChI=1S/C19H20F2N2O3/c20-14-2-1-3-15(21)18(14)19(26)23-16-10-22-9-13(16)17(25)8-11-4-6-12(24)7-5-11/h1-3,9-12,22,24H,4-8H2,(H,23,26). The average Bonchev–Trinajstić information content (AvgIpc) is 3.05. The third-order valence-corrected chi connectivity index (χ3v) is 4.77. The fraction of sp³-hybridized carbons (Fsp3) is 0.368. The summed E-state index contributed by atoms with van der Waals surface area (Å²) in [6, 6.07) is 3.17. The van der Waals surface area contributed by atoms with Crippen LogP contribution in [0.4, 0.5) is 14.5 Å². The van der Waals surface area contributed by atoms with Gasteiger partial charge >= 0.3 is 0 Å². The van der Waals surface area contributed by atoms with Gasteiger partial charge in [-0.25, -0.2) is 8.78 Å². The van der Waals surface area contributed by atoms with Crippen LogP contribution in [0.25, 0.3) is 0 Å². The molecule has 1 aliphatic carbocycles. The van der Waals surface area contributed by atoms with Crippen molar-refractivity contribution in [2.75, 3.05) is 5.32 Å². The predicted molar refractivity (Wildman–Crippen MR) is 92.0 cm³/mol. The molecule has 5 nitrogen and oxygen atoms in total. The van der Waals surface area contributed by atoms with Crippen LogP contribution in [0, 0.1) is 17.6 Å². The third-order valence-electron chi connectivity index (χ3n) is 4.77. The number of aliphatic hydroxyl groups excluding tert-OH is 1. The summed E-state index contributed by atoms with van der Waals surface area (Å²) in [5.41, 5.74) is -0.215. The number of aromatic nitrogens is 1. The summed E-state index contributed by atoms with van der Waals surface area (Å²) in [5.74, 6) is -2.85. The zero-order chi connectivity index (χ0) is 18.7. The number of rotatable bonds is 5. The minimum absolute atomic E-state index is 0.156. The van der Waals surface area contributed by atoms with Crippen molar-refractivity contribution in [2.24, 2.45) is 5.92 Å². The first kappa shape index (κ1) is 18.3. The van der Waals surface area contributed by atoms with E-state index in [0.717, 1.165) is 25.0 Å². The summed E-state index contributed by atoms with van der Waals surface area (Å²) in [5, 5.41) is 11.9. The highest BCUT2D eigenvalue weighted by Crippen LogP contribution is 2.29. The van der Waals surface area contributed by atoms with Crippen LogP contribution in [0.2, 0.25) is 0 Å². The Balaban J connectivity index is 1.70. The van der Waals surface area contributed by atoms with Crippen LogP contribution < -0.4 is 5.32 Å². The number of benzene rings is 1. The molecular weight excluding hydrogens is 342 g/mol. The van der Waals surface area contributed by atoms with Crippen LogP contribution in [0.15, 0.2) is 30.6 Å². The minimum Gasteiger partial charge on any atom is -0.393 e. The lowest BCUT2D eigenvalue weighted by molar-refractivity contribution is 0.0860. The topological polar surface area (TPSA) is 82.2 Å². The number of aromatic amines is 1.